The molecule has 1 fully saturated rings. The highest BCUT2D eigenvalue weighted by molar-refractivity contribution is 4.74. The molecule has 0 aromatic heterocycles. The molecule has 0 amide bonds. The van der Waals surface area contributed by atoms with Crippen LogP contribution in [0.25, 0.3) is 0 Å². The van der Waals surface area contributed by atoms with Gasteiger partial charge in [0.05, 0.1) is 0 Å². The Labute approximate surface area is 103 Å². The van der Waals surface area contributed by atoms with Crippen molar-refractivity contribution in [3.63, 3.8) is 0 Å². The van der Waals surface area contributed by atoms with Crippen molar-refractivity contribution in [2.45, 2.75) is 79.1 Å². The van der Waals surface area contributed by atoms with Gasteiger partial charge in [0.2, 0.25) is 0 Å². The number of hydrogen-bond acceptors (Lipinski definition) is 0. The van der Waals surface area contributed by atoms with Crippen molar-refractivity contribution in [1.82, 2.24) is 0 Å². The average Bonchev–Trinajstić information content (AvgIpc) is 2.44. The summed E-state index contributed by atoms with van der Waals surface area (Å²) in [6, 6.07) is 0. The van der Waals surface area contributed by atoms with Gasteiger partial charge in [-0.05, 0) is 36.5 Å². The minimum Gasteiger partial charge on any atom is -0.0651 e. The summed E-state index contributed by atoms with van der Waals surface area (Å²) in [5, 5.41) is 0. The second kappa shape index (κ2) is 7.35. The van der Waals surface area contributed by atoms with Gasteiger partial charge >= 0.3 is 0 Å². The molecule has 0 aromatic rings. The largest absolute Gasteiger partial charge is 0.0651 e. The van der Waals surface area contributed by atoms with Gasteiger partial charge in [0, 0.05) is 0 Å². The molecule has 16 heavy (non-hydrogen) atoms. The maximum absolute atomic E-state index is 2.44. The fourth-order valence-electron chi connectivity index (χ4n) is 3.31. The first-order valence-electron chi connectivity index (χ1n) is 7.63. The van der Waals surface area contributed by atoms with Crippen LogP contribution < -0.4 is 0 Å². The molecule has 3 atom stereocenters. The molecule has 0 N–H and O–H groups in total. The molecule has 1 aliphatic rings. The molecule has 96 valence electrons. The summed E-state index contributed by atoms with van der Waals surface area (Å²) in [6.07, 6.45) is 11.8. The third-order valence-corrected chi connectivity index (χ3v) is 4.61. The summed E-state index contributed by atoms with van der Waals surface area (Å²) in [7, 11) is 0. The summed E-state index contributed by atoms with van der Waals surface area (Å²) in [5.74, 6) is 3.95. The minimum atomic E-state index is 0.888. The van der Waals surface area contributed by atoms with Crippen LogP contribution >= 0.6 is 0 Å². The van der Waals surface area contributed by atoms with E-state index in [2.05, 4.69) is 27.7 Å². The summed E-state index contributed by atoms with van der Waals surface area (Å²) in [5.41, 5.74) is 0. The molecule has 0 aromatic carbocycles. The van der Waals surface area contributed by atoms with Crippen molar-refractivity contribution in [3.05, 3.63) is 0 Å². The zero-order valence-electron chi connectivity index (χ0n) is 12.0. The normalized spacial score (nSPS) is 29.1. The van der Waals surface area contributed by atoms with E-state index in [1.807, 2.05) is 0 Å². The van der Waals surface area contributed by atoms with E-state index in [4.69, 9.17) is 0 Å². The lowest BCUT2D eigenvalue weighted by Crippen LogP contribution is -2.14. The van der Waals surface area contributed by atoms with Gasteiger partial charge in [-0.25, -0.2) is 0 Å². The topological polar surface area (TPSA) is 0 Å². The molecule has 0 aliphatic heterocycles. The van der Waals surface area contributed by atoms with E-state index < -0.39 is 0 Å². The third-order valence-electron chi connectivity index (χ3n) is 4.61. The van der Waals surface area contributed by atoms with Gasteiger partial charge in [-0.1, -0.05) is 66.2 Å². The lowest BCUT2D eigenvalue weighted by Gasteiger charge is -2.26. The maximum atomic E-state index is 2.44. The van der Waals surface area contributed by atoms with Crippen LogP contribution in [-0.2, 0) is 0 Å². The van der Waals surface area contributed by atoms with E-state index in [0.717, 1.165) is 23.7 Å². The van der Waals surface area contributed by atoms with Gasteiger partial charge < -0.3 is 0 Å². The molecule has 1 saturated carbocycles. The summed E-state index contributed by atoms with van der Waals surface area (Å²) in [6.45, 7) is 9.57. The maximum Gasteiger partial charge on any atom is -0.0386 e. The van der Waals surface area contributed by atoms with Crippen LogP contribution in [0.2, 0.25) is 0 Å². The van der Waals surface area contributed by atoms with Crippen LogP contribution in [0.3, 0.4) is 0 Å². The van der Waals surface area contributed by atoms with Crippen LogP contribution in [0.15, 0.2) is 0 Å². The first kappa shape index (κ1) is 14.1. The summed E-state index contributed by atoms with van der Waals surface area (Å²) < 4.78 is 0. The Kier molecular flexibility index (Phi) is 6.46. The Hall–Kier alpha value is 0. The third kappa shape index (κ3) is 4.89. The quantitative estimate of drug-likeness (QED) is 0.528. The van der Waals surface area contributed by atoms with E-state index >= 15 is 0 Å². The lowest BCUT2D eigenvalue weighted by molar-refractivity contribution is 0.257. The molecular formula is C16H32. The second-order valence-electron chi connectivity index (χ2n) is 6.51. The van der Waals surface area contributed by atoms with Gasteiger partial charge in [0.1, 0.15) is 0 Å². The van der Waals surface area contributed by atoms with Crippen molar-refractivity contribution in [3.8, 4) is 0 Å². The molecule has 1 aliphatic carbocycles. The Morgan fingerprint density at radius 1 is 1.00 bits per heavy atom. The zero-order chi connectivity index (χ0) is 12.0. The Morgan fingerprint density at radius 3 is 2.38 bits per heavy atom. The van der Waals surface area contributed by atoms with Crippen LogP contribution in [0, 0.1) is 23.7 Å². The highest BCUT2D eigenvalue weighted by Crippen LogP contribution is 2.35. The van der Waals surface area contributed by atoms with Crippen molar-refractivity contribution in [2.75, 3.05) is 0 Å². The molecule has 0 saturated heterocycles. The standard InChI is InChI=1S/C16H32/c1-5-15(11-9-13(2)3)16-8-6-7-14(4)10-12-16/h13-16H,5-12H2,1-4H3. The smallest absolute Gasteiger partial charge is 0.0386 e. The number of hydrogen-bond donors (Lipinski definition) is 0. The number of rotatable bonds is 5. The Balaban J connectivity index is 2.38. The molecule has 3 unspecified atom stereocenters. The molecule has 0 heteroatoms. The van der Waals surface area contributed by atoms with Gasteiger partial charge in [0.25, 0.3) is 0 Å². The van der Waals surface area contributed by atoms with Crippen molar-refractivity contribution in [2.24, 2.45) is 23.7 Å². The molecular weight excluding hydrogens is 192 g/mol. The van der Waals surface area contributed by atoms with Crippen molar-refractivity contribution >= 4 is 0 Å². The average molecular weight is 224 g/mol. The predicted octanol–water partition coefficient (Wildman–Crippen LogP) is 5.67. The first-order valence-corrected chi connectivity index (χ1v) is 7.63. The molecule has 0 radical (unpaired) electrons. The first-order chi connectivity index (χ1) is 7.63. The minimum absolute atomic E-state index is 0.888. The van der Waals surface area contributed by atoms with Crippen molar-refractivity contribution < 1.29 is 0 Å². The highest BCUT2D eigenvalue weighted by Gasteiger charge is 2.23. The van der Waals surface area contributed by atoms with E-state index in [9.17, 15) is 0 Å². The monoisotopic (exact) mass is 224 g/mol. The zero-order valence-corrected chi connectivity index (χ0v) is 12.0. The van der Waals surface area contributed by atoms with E-state index in [1.165, 1.54) is 51.4 Å². The van der Waals surface area contributed by atoms with Gasteiger partial charge in [-0.3, -0.25) is 0 Å². The fourth-order valence-corrected chi connectivity index (χ4v) is 3.31. The van der Waals surface area contributed by atoms with Gasteiger partial charge in [0.15, 0.2) is 0 Å². The van der Waals surface area contributed by atoms with Crippen molar-refractivity contribution in [1.29, 1.82) is 0 Å². The van der Waals surface area contributed by atoms with E-state index in [0.29, 0.717) is 0 Å². The molecule has 0 heterocycles. The van der Waals surface area contributed by atoms with Crippen LogP contribution in [0.4, 0.5) is 0 Å². The van der Waals surface area contributed by atoms with Gasteiger partial charge in [-0.15, -0.1) is 0 Å². The highest BCUT2D eigenvalue weighted by atomic mass is 14.3. The Bertz CT molecular complexity index is 171. The molecule has 1 rings (SSSR count). The molecule has 0 nitrogen and oxygen atoms in total. The fraction of sp³-hybridized carbons (Fsp3) is 1.00. The predicted molar refractivity (Wildman–Crippen MR) is 73.6 cm³/mol. The lowest BCUT2D eigenvalue weighted by atomic mass is 9.80. The van der Waals surface area contributed by atoms with Gasteiger partial charge in [-0.2, -0.15) is 0 Å². The molecule has 0 bridgehead atoms. The van der Waals surface area contributed by atoms with E-state index in [-0.39, 0.29) is 0 Å². The van der Waals surface area contributed by atoms with Crippen LogP contribution in [0.5, 0.6) is 0 Å². The second-order valence-corrected chi connectivity index (χ2v) is 6.51. The van der Waals surface area contributed by atoms with Crippen LogP contribution in [0.1, 0.15) is 79.1 Å². The van der Waals surface area contributed by atoms with Crippen LogP contribution in [-0.4, -0.2) is 0 Å². The SMILES string of the molecule is CCC(CCC(C)C)C1CCCC(C)CC1. The van der Waals surface area contributed by atoms with E-state index in [1.54, 1.807) is 0 Å². The summed E-state index contributed by atoms with van der Waals surface area (Å²) in [4.78, 5) is 0. The summed E-state index contributed by atoms with van der Waals surface area (Å²) >= 11 is 0. The Morgan fingerprint density at radius 2 is 1.75 bits per heavy atom. The molecule has 0 spiro atoms.